The molecule has 2 rings (SSSR count). The maximum atomic E-state index is 10.7. The predicted octanol–water partition coefficient (Wildman–Crippen LogP) is 3.72. The Morgan fingerprint density at radius 3 is 2.35 bits per heavy atom. The van der Waals surface area contributed by atoms with Crippen LogP contribution in [0.2, 0.25) is 15.2 Å². The molecule has 0 amide bonds. The third-order valence-electron chi connectivity index (χ3n) is 2.19. The molecule has 7 nitrogen and oxygen atoms in total. The van der Waals surface area contributed by atoms with Crippen LogP contribution in [-0.2, 0) is 0 Å². The molecule has 0 spiro atoms. The molecule has 0 aliphatic heterocycles. The highest BCUT2D eigenvalue weighted by molar-refractivity contribution is 6.37. The third-order valence-corrected chi connectivity index (χ3v) is 3.05. The molecule has 104 valence electrons. The van der Waals surface area contributed by atoms with E-state index < -0.39 is 4.92 Å². The van der Waals surface area contributed by atoms with Crippen LogP contribution in [0.3, 0.4) is 0 Å². The molecule has 0 aliphatic rings. The van der Waals surface area contributed by atoms with Gasteiger partial charge in [-0.1, -0.05) is 34.8 Å². The predicted molar refractivity (Wildman–Crippen MR) is 74.6 cm³/mol. The maximum absolute atomic E-state index is 10.7. The van der Waals surface area contributed by atoms with Crippen LogP contribution in [0.5, 0.6) is 11.6 Å². The summed E-state index contributed by atoms with van der Waals surface area (Å²) >= 11 is 17.5. The molecule has 20 heavy (non-hydrogen) atoms. The van der Waals surface area contributed by atoms with Gasteiger partial charge in [0.15, 0.2) is 10.9 Å². The molecule has 2 aromatic rings. The van der Waals surface area contributed by atoms with Crippen molar-refractivity contribution in [2.75, 3.05) is 5.73 Å². The van der Waals surface area contributed by atoms with Crippen molar-refractivity contribution < 1.29 is 9.66 Å². The molecule has 1 heterocycles. The quantitative estimate of drug-likeness (QED) is 0.521. The normalized spacial score (nSPS) is 10.3. The van der Waals surface area contributed by atoms with Crippen molar-refractivity contribution in [2.45, 2.75) is 0 Å². The molecule has 1 aromatic carbocycles. The number of nitro benzene ring substituents is 1. The first-order valence-corrected chi connectivity index (χ1v) is 6.10. The summed E-state index contributed by atoms with van der Waals surface area (Å²) < 4.78 is 5.34. The summed E-state index contributed by atoms with van der Waals surface area (Å²) in [5, 5.41) is 10.6. The molecular formula is C10H5Cl3N4O3. The minimum atomic E-state index is -0.628. The van der Waals surface area contributed by atoms with Crippen LogP contribution in [0.4, 0.5) is 11.4 Å². The first-order valence-electron chi connectivity index (χ1n) is 4.97. The maximum Gasteiger partial charge on any atom is 0.272 e. The van der Waals surface area contributed by atoms with Crippen molar-refractivity contribution in [3.05, 3.63) is 43.8 Å². The van der Waals surface area contributed by atoms with Gasteiger partial charge in [0.05, 0.1) is 15.0 Å². The average molecular weight is 336 g/mol. The van der Waals surface area contributed by atoms with Crippen molar-refractivity contribution in [3.8, 4) is 11.6 Å². The van der Waals surface area contributed by atoms with Gasteiger partial charge in [0.2, 0.25) is 5.88 Å². The van der Waals surface area contributed by atoms with Crippen molar-refractivity contribution in [1.82, 2.24) is 9.97 Å². The zero-order valence-corrected chi connectivity index (χ0v) is 11.8. The summed E-state index contributed by atoms with van der Waals surface area (Å²) in [6.45, 7) is 0. The van der Waals surface area contributed by atoms with Gasteiger partial charge in [0, 0.05) is 12.1 Å². The largest absolute Gasteiger partial charge is 0.434 e. The number of aromatic nitrogens is 2. The molecule has 1 aromatic heterocycles. The lowest BCUT2D eigenvalue weighted by Gasteiger charge is -2.10. The lowest BCUT2D eigenvalue weighted by atomic mass is 10.3. The first-order chi connectivity index (χ1) is 9.40. The minimum absolute atomic E-state index is 0.000322. The van der Waals surface area contributed by atoms with E-state index in [1.165, 1.54) is 0 Å². The van der Waals surface area contributed by atoms with E-state index in [4.69, 9.17) is 45.3 Å². The number of ether oxygens (including phenoxy) is 1. The van der Waals surface area contributed by atoms with Gasteiger partial charge in [0.25, 0.3) is 5.69 Å². The number of nitrogens with zero attached hydrogens (tertiary/aromatic N) is 3. The summed E-state index contributed by atoms with van der Waals surface area (Å²) in [4.78, 5) is 17.5. The number of rotatable bonds is 3. The van der Waals surface area contributed by atoms with Crippen LogP contribution in [0.15, 0.2) is 18.5 Å². The fourth-order valence-corrected chi connectivity index (χ4v) is 1.96. The van der Waals surface area contributed by atoms with E-state index >= 15 is 0 Å². The zero-order valence-electron chi connectivity index (χ0n) is 9.51. The Kier molecular flexibility index (Phi) is 4.12. The lowest BCUT2D eigenvalue weighted by Crippen LogP contribution is -1.98. The van der Waals surface area contributed by atoms with E-state index in [1.54, 1.807) is 0 Å². The Bertz CT molecular complexity index is 672. The van der Waals surface area contributed by atoms with Gasteiger partial charge in [-0.05, 0) is 0 Å². The van der Waals surface area contributed by atoms with Crippen LogP contribution in [0.25, 0.3) is 0 Å². The standard InChI is InChI=1S/C10H5Cl3N4O3/c11-5-1-4(17(18)19)2-6(12)8(5)20-10-7(14)9(13)15-3-16-10/h1-3H,14H2. The molecule has 0 fully saturated rings. The molecule has 0 bridgehead atoms. The van der Waals surface area contributed by atoms with Crippen molar-refractivity contribution in [2.24, 2.45) is 0 Å². The number of anilines is 1. The number of nitrogen functional groups attached to an aromatic ring is 1. The molecule has 0 saturated heterocycles. The Morgan fingerprint density at radius 1 is 1.20 bits per heavy atom. The second kappa shape index (κ2) is 5.66. The fourth-order valence-electron chi connectivity index (χ4n) is 1.29. The molecule has 2 N–H and O–H groups in total. The summed E-state index contributed by atoms with van der Waals surface area (Å²) in [6, 6.07) is 2.20. The van der Waals surface area contributed by atoms with E-state index in [2.05, 4.69) is 9.97 Å². The van der Waals surface area contributed by atoms with Crippen LogP contribution in [0, 0.1) is 10.1 Å². The van der Waals surface area contributed by atoms with Crippen LogP contribution in [0.1, 0.15) is 0 Å². The molecule has 0 radical (unpaired) electrons. The van der Waals surface area contributed by atoms with Gasteiger partial charge in [-0.25, -0.2) is 4.98 Å². The third kappa shape index (κ3) is 2.84. The number of nitrogens with two attached hydrogens (primary N) is 1. The van der Waals surface area contributed by atoms with Crippen LogP contribution in [-0.4, -0.2) is 14.9 Å². The van der Waals surface area contributed by atoms with E-state index in [0.29, 0.717) is 0 Å². The molecule has 10 heteroatoms. The average Bonchev–Trinajstić information content (AvgIpc) is 2.38. The van der Waals surface area contributed by atoms with Crippen molar-refractivity contribution in [1.29, 1.82) is 0 Å². The van der Waals surface area contributed by atoms with Gasteiger partial charge < -0.3 is 10.5 Å². The number of halogens is 3. The topological polar surface area (TPSA) is 104 Å². The molecular weight excluding hydrogens is 330 g/mol. The SMILES string of the molecule is Nc1c(Cl)ncnc1Oc1c(Cl)cc([N+](=O)[O-])cc1Cl. The van der Waals surface area contributed by atoms with Gasteiger partial charge in [0.1, 0.15) is 12.0 Å². The molecule has 0 aliphatic carbocycles. The smallest absolute Gasteiger partial charge is 0.272 e. The van der Waals surface area contributed by atoms with Gasteiger partial charge >= 0.3 is 0 Å². The monoisotopic (exact) mass is 334 g/mol. The highest BCUT2D eigenvalue weighted by Gasteiger charge is 2.18. The number of hydrogen-bond donors (Lipinski definition) is 1. The Hall–Kier alpha value is -1.83. The van der Waals surface area contributed by atoms with Crippen LogP contribution < -0.4 is 10.5 Å². The zero-order chi connectivity index (χ0) is 14.9. The van der Waals surface area contributed by atoms with Crippen LogP contribution >= 0.6 is 34.8 Å². The second-order valence-electron chi connectivity index (χ2n) is 3.48. The Balaban J connectivity index is 2.44. The van der Waals surface area contributed by atoms with Gasteiger partial charge in [-0.2, -0.15) is 4.98 Å². The number of hydrogen-bond acceptors (Lipinski definition) is 6. The lowest BCUT2D eigenvalue weighted by molar-refractivity contribution is -0.384. The Morgan fingerprint density at radius 2 is 1.80 bits per heavy atom. The molecule has 0 unspecified atom stereocenters. The van der Waals surface area contributed by atoms with Crippen molar-refractivity contribution >= 4 is 46.2 Å². The highest BCUT2D eigenvalue weighted by Crippen LogP contribution is 2.40. The second-order valence-corrected chi connectivity index (χ2v) is 4.65. The van der Waals surface area contributed by atoms with E-state index in [0.717, 1.165) is 18.5 Å². The summed E-state index contributed by atoms with van der Waals surface area (Å²) in [5.41, 5.74) is 5.37. The number of benzene rings is 1. The molecule has 0 atom stereocenters. The minimum Gasteiger partial charge on any atom is -0.434 e. The highest BCUT2D eigenvalue weighted by atomic mass is 35.5. The Labute approximate surface area is 127 Å². The van der Waals surface area contributed by atoms with E-state index in [1.807, 2.05) is 0 Å². The number of non-ortho nitro benzene ring substituents is 1. The summed E-state index contributed by atoms with van der Waals surface area (Å²) in [7, 11) is 0. The fraction of sp³-hybridized carbons (Fsp3) is 0. The van der Waals surface area contributed by atoms with Gasteiger partial charge in [-0.15, -0.1) is 0 Å². The number of nitro groups is 1. The summed E-state index contributed by atoms with van der Waals surface area (Å²) in [5.74, 6) is -0.0666. The van der Waals surface area contributed by atoms with E-state index in [9.17, 15) is 10.1 Å². The van der Waals surface area contributed by atoms with E-state index in [-0.39, 0.29) is 38.2 Å². The first kappa shape index (κ1) is 14.6. The summed E-state index contributed by atoms with van der Waals surface area (Å²) in [6.07, 6.45) is 1.14. The molecule has 0 saturated carbocycles. The van der Waals surface area contributed by atoms with Gasteiger partial charge in [-0.3, -0.25) is 10.1 Å². The van der Waals surface area contributed by atoms with Crippen molar-refractivity contribution in [3.63, 3.8) is 0 Å².